The summed E-state index contributed by atoms with van der Waals surface area (Å²) in [6, 6.07) is 26.8. The highest BCUT2D eigenvalue weighted by atomic mass is 35.5. The molecule has 43 heavy (non-hydrogen) atoms. The number of esters is 1. The van der Waals surface area contributed by atoms with Crippen LogP contribution in [0.1, 0.15) is 46.3 Å². The Morgan fingerprint density at radius 2 is 1.79 bits per heavy atom. The van der Waals surface area contributed by atoms with Crippen LogP contribution in [-0.4, -0.2) is 19.7 Å². The van der Waals surface area contributed by atoms with E-state index in [1.54, 1.807) is 67.8 Å². The minimum atomic E-state index is -0.551. The zero-order valence-corrected chi connectivity index (χ0v) is 24.4. The molecular formula is C34H29ClN2O6. The van der Waals surface area contributed by atoms with Gasteiger partial charge in [0, 0.05) is 16.7 Å². The average molecular weight is 597 g/mol. The van der Waals surface area contributed by atoms with E-state index in [0.717, 1.165) is 17.5 Å². The Balaban J connectivity index is 1.39. The molecule has 1 aliphatic rings. The Bertz CT molecular complexity index is 1710. The van der Waals surface area contributed by atoms with E-state index in [4.69, 9.17) is 41.0 Å². The van der Waals surface area contributed by atoms with E-state index in [9.17, 15) is 10.1 Å². The van der Waals surface area contributed by atoms with Gasteiger partial charge in [-0.25, -0.2) is 4.79 Å². The largest absolute Gasteiger partial charge is 0.494 e. The van der Waals surface area contributed by atoms with E-state index in [1.165, 1.54) is 0 Å². The highest BCUT2D eigenvalue weighted by molar-refractivity contribution is 6.30. The van der Waals surface area contributed by atoms with Crippen molar-refractivity contribution in [1.29, 1.82) is 5.26 Å². The van der Waals surface area contributed by atoms with Gasteiger partial charge in [0.1, 0.15) is 35.5 Å². The third kappa shape index (κ3) is 6.69. The number of allylic oxidation sites excluding steroid dienone is 1. The van der Waals surface area contributed by atoms with Crippen molar-refractivity contribution >= 4 is 17.6 Å². The number of methoxy groups -OCH3 is 1. The highest BCUT2D eigenvalue weighted by Crippen LogP contribution is 2.45. The summed E-state index contributed by atoms with van der Waals surface area (Å²) in [7, 11) is 1.55. The summed E-state index contributed by atoms with van der Waals surface area (Å²) in [5.74, 6) is 1.12. The van der Waals surface area contributed by atoms with Crippen LogP contribution in [0.5, 0.6) is 28.7 Å². The summed E-state index contributed by atoms with van der Waals surface area (Å²) < 4.78 is 28.7. The molecule has 0 aromatic heterocycles. The maximum absolute atomic E-state index is 12.9. The summed E-state index contributed by atoms with van der Waals surface area (Å²) in [5, 5.41) is 10.6. The third-order valence-corrected chi connectivity index (χ3v) is 7.02. The zero-order chi connectivity index (χ0) is 30.3. The molecule has 0 amide bonds. The number of benzene rings is 4. The normalized spacial score (nSPS) is 13.8. The first kappa shape index (κ1) is 29.4. The number of fused-ring (bicyclic) bond motifs is 1. The van der Waals surface area contributed by atoms with Gasteiger partial charge in [0.15, 0.2) is 11.5 Å². The van der Waals surface area contributed by atoms with Crippen LogP contribution in [0.4, 0.5) is 0 Å². The first-order chi connectivity index (χ1) is 20.9. The van der Waals surface area contributed by atoms with Crippen molar-refractivity contribution in [2.24, 2.45) is 5.73 Å². The smallest absolute Gasteiger partial charge is 0.343 e. The first-order valence-corrected chi connectivity index (χ1v) is 14.0. The van der Waals surface area contributed by atoms with Crippen LogP contribution in [0.15, 0.2) is 96.4 Å². The van der Waals surface area contributed by atoms with Crippen LogP contribution in [0.25, 0.3) is 0 Å². The second-order valence-corrected chi connectivity index (χ2v) is 10.2. The van der Waals surface area contributed by atoms with Crippen LogP contribution < -0.4 is 29.4 Å². The average Bonchev–Trinajstić information content (AvgIpc) is 3.02. The van der Waals surface area contributed by atoms with E-state index in [0.29, 0.717) is 52.4 Å². The quantitative estimate of drug-likeness (QED) is 0.152. The standard InChI is InChI=1S/C34H29ClN2O6/c1-3-15-40-25-6-4-5-23(16-25)34(38)42-26-12-13-27-30(18-26)43-33(37)28(19-36)32(27)22-9-14-29(31(17-22)39-2)41-20-21-7-10-24(35)11-8-21/h4-14,16-18,32H,3,15,20,37H2,1-2H3. The number of ether oxygens (including phenoxy) is 5. The number of nitrogens with zero attached hydrogens (tertiary/aromatic N) is 1. The van der Waals surface area contributed by atoms with Crippen molar-refractivity contribution < 1.29 is 28.5 Å². The fraction of sp³-hybridized carbons (Fsp3) is 0.176. The minimum absolute atomic E-state index is 0.0358. The number of halogens is 1. The predicted octanol–water partition coefficient (Wildman–Crippen LogP) is 7.15. The van der Waals surface area contributed by atoms with E-state index in [1.807, 2.05) is 31.2 Å². The lowest BCUT2D eigenvalue weighted by Gasteiger charge is -2.27. The molecule has 1 atom stereocenters. The van der Waals surface area contributed by atoms with Crippen molar-refractivity contribution in [3.05, 3.63) is 124 Å². The summed E-state index contributed by atoms with van der Waals surface area (Å²) in [4.78, 5) is 12.9. The van der Waals surface area contributed by atoms with Crippen LogP contribution in [0.3, 0.4) is 0 Å². The van der Waals surface area contributed by atoms with Gasteiger partial charge in [-0.3, -0.25) is 0 Å². The van der Waals surface area contributed by atoms with Gasteiger partial charge in [0.2, 0.25) is 5.88 Å². The first-order valence-electron chi connectivity index (χ1n) is 13.6. The van der Waals surface area contributed by atoms with E-state index in [2.05, 4.69) is 6.07 Å². The number of nitrogens with two attached hydrogens (primary N) is 1. The molecule has 9 heteroatoms. The number of carbonyl (C=O) groups is 1. The van der Waals surface area contributed by atoms with Crippen molar-refractivity contribution in [2.75, 3.05) is 13.7 Å². The topological polar surface area (TPSA) is 113 Å². The molecule has 1 aliphatic heterocycles. The molecule has 1 heterocycles. The van der Waals surface area contributed by atoms with Crippen molar-refractivity contribution in [1.82, 2.24) is 0 Å². The molecule has 0 saturated heterocycles. The summed E-state index contributed by atoms with van der Waals surface area (Å²) in [6.07, 6.45) is 0.852. The van der Waals surface area contributed by atoms with Crippen LogP contribution in [0.2, 0.25) is 5.02 Å². The maximum Gasteiger partial charge on any atom is 0.343 e. The number of rotatable bonds is 10. The van der Waals surface area contributed by atoms with Crippen LogP contribution in [0, 0.1) is 11.3 Å². The van der Waals surface area contributed by atoms with Crippen molar-refractivity contribution in [2.45, 2.75) is 25.9 Å². The molecule has 1 unspecified atom stereocenters. The van der Waals surface area contributed by atoms with Gasteiger partial charge in [-0.1, -0.05) is 48.9 Å². The molecule has 0 spiro atoms. The molecule has 0 radical (unpaired) electrons. The third-order valence-electron chi connectivity index (χ3n) is 6.77. The van der Waals surface area contributed by atoms with E-state index < -0.39 is 11.9 Å². The second-order valence-electron chi connectivity index (χ2n) is 9.72. The molecule has 0 aliphatic carbocycles. The molecular weight excluding hydrogens is 568 g/mol. The Hall–Kier alpha value is -5.13. The highest BCUT2D eigenvalue weighted by Gasteiger charge is 2.32. The summed E-state index contributed by atoms with van der Waals surface area (Å²) in [5.41, 5.74) is 9.17. The van der Waals surface area contributed by atoms with Gasteiger partial charge in [-0.05, 0) is 66.1 Å². The van der Waals surface area contributed by atoms with Gasteiger partial charge in [0.25, 0.3) is 0 Å². The fourth-order valence-electron chi connectivity index (χ4n) is 4.67. The molecule has 8 nitrogen and oxygen atoms in total. The number of carbonyl (C=O) groups excluding carboxylic acids is 1. The Morgan fingerprint density at radius 3 is 2.53 bits per heavy atom. The van der Waals surface area contributed by atoms with Crippen molar-refractivity contribution in [3.8, 4) is 34.8 Å². The molecule has 0 bridgehead atoms. The molecule has 2 N–H and O–H groups in total. The zero-order valence-electron chi connectivity index (χ0n) is 23.6. The molecule has 218 valence electrons. The lowest BCUT2D eigenvalue weighted by molar-refractivity contribution is 0.0734. The van der Waals surface area contributed by atoms with Gasteiger partial charge >= 0.3 is 5.97 Å². The molecule has 0 fully saturated rings. The lowest BCUT2D eigenvalue weighted by atomic mass is 9.83. The van der Waals surface area contributed by atoms with Gasteiger partial charge in [-0.2, -0.15) is 5.26 Å². The SMILES string of the molecule is CCCOc1cccc(C(=O)Oc2ccc3c(c2)OC(N)=C(C#N)C3c2ccc(OCc3ccc(Cl)cc3)c(OC)c2)c1. The maximum atomic E-state index is 12.9. The van der Waals surface area contributed by atoms with Gasteiger partial charge < -0.3 is 29.4 Å². The van der Waals surface area contributed by atoms with Gasteiger partial charge in [-0.15, -0.1) is 0 Å². The molecule has 0 saturated carbocycles. The van der Waals surface area contributed by atoms with Gasteiger partial charge in [0.05, 0.1) is 25.2 Å². The number of nitriles is 1. The van der Waals surface area contributed by atoms with E-state index >= 15 is 0 Å². The monoisotopic (exact) mass is 596 g/mol. The number of hydrogen-bond acceptors (Lipinski definition) is 8. The molecule has 4 aromatic carbocycles. The number of hydrogen-bond donors (Lipinski definition) is 1. The van der Waals surface area contributed by atoms with E-state index in [-0.39, 0.29) is 17.2 Å². The molecule has 4 aromatic rings. The van der Waals surface area contributed by atoms with Crippen LogP contribution >= 0.6 is 11.6 Å². The minimum Gasteiger partial charge on any atom is -0.494 e. The van der Waals surface area contributed by atoms with Crippen molar-refractivity contribution in [3.63, 3.8) is 0 Å². The summed E-state index contributed by atoms with van der Waals surface area (Å²) in [6.45, 7) is 2.88. The van der Waals surface area contributed by atoms with Crippen LogP contribution in [-0.2, 0) is 6.61 Å². The Labute approximate surface area is 254 Å². The molecule has 5 rings (SSSR count). The summed E-state index contributed by atoms with van der Waals surface area (Å²) >= 11 is 5.98. The fourth-order valence-corrected chi connectivity index (χ4v) is 4.79. The predicted molar refractivity (Wildman–Crippen MR) is 162 cm³/mol. The Kier molecular flexibility index (Phi) is 9.04. The lowest BCUT2D eigenvalue weighted by Crippen LogP contribution is -2.21. The second kappa shape index (κ2) is 13.2. The Morgan fingerprint density at radius 1 is 0.977 bits per heavy atom.